The standard InChI is InChI=1S/C11H11NO/c1-2-9-7-6-8-4-3-5-10(13)11(8)12-9/h2,6-7H,1,3-5H2. The van der Waals surface area contributed by atoms with Gasteiger partial charge in [-0.05, 0) is 30.5 Å². The van der Waals surface area contributed by atoms with Crippen LogP contribution in [0.4, 0.5) is 0 Å². The predicted octanol–water partition coefficient (Wildman–Crippen LogP) is 2.24. The molecular formula is C11H11NO. The van der Waals surface area contributed by atoms with Gasteiger partial charge in [0, 0.05) is 6.42 Å². The molecule has 1 aliphatic carbocycles. The number of Topliss-reactive ketones (excluding diaryl/α,β-unsaturated/α-hetero) is 1. The Bertz CT molecular complexity index is 368. The Balaban J connectivity index is 2.53. The van der Waals surface area contributed by atoms with Gasteiger partial charge in [0.2, 0.25) is 0 Å². The van der Waals surface area contributed by atoms with E-state index in [1.54, 1.807) is 6.08 Å². The van der Waals surface area contributed by atoms with E-state index in [0.717, 1.165) is 24.1 Å². The number of ketones is 1. The van der Waals surface area contributed by atoms with Crippen LogP contribution in [0.15, 0.2) is 18.7 Å². The number of hydrogen-bond acceptors (Lipinski definition) is 2. The van der Waals surface area contributed by atoms with Crippen molar-refractivity contribution >= 4 is 11.9 Å². The molecule has 1 aliphatic rings. The van der Waals surface area contributed by atoms with Crippen molar-refractivity contribution in [2.45, 2.75) is 19.3 Å². The largest absolute Gasteiger partial charge is 0.292 e. The Morgan fingerprint density at radius 2 is 2.23 bits per heavy atom. The van der Waals surface area contributed by atoms with Crippen molar-refractivity contribution in [2.75, 3.05) is 0 Å². The van der Waals surface area contributed by atoms with E-state index in [1.807, 2.05) is 12.1 Å². The molecule has 0 atom stereocenters. The van der Waals surface area contributed by atoms with Crippen molar-refractivity contribution in [3.63, 3.8) is 0 Å². The first-order chi connectivity index (χ1) is 6.31. The van der Waals surface area contributed by atoms with Crippen LogP contribution in [0.3, 0.4) is 0 Å². The van der Waals surface area contributed by atoms with Gasteiger partial charge in [-0.3, -0.25) is 4.79 Å². The summed E-state index contributed by atoms with van der Waals surface area (Å²) >= 11 is 0. The fraction of sp³-hybridized carbons (Fsp3) is 0.273. The average Bonchev–Trinajstić information content (AvgIpc) is 2.18. The first kappa shape index (κ1) is 8.17. The summed E-state index contributed by atoms with van der Waals surface area (Å²) in [5.41, 5.74) is 2.53. The molecule has 1 heterocycles. The van der Waals surface area contributed by atoms with Crippen LogP contribution in [0.5, 0.6) is 0 Å². The van der Waals surface area contributed by atoms with E-state index in [2.05, 4.69) is 11.6 Å². The maximum Gasteiger partial charge on any atom is 0.181 e. The Labute approximate surface area is 77.3 Å². The zero-order valence-electron chi connectivity index (χ0n) is 7.42. The zero-order valence-corrected chi connectivity index (χ0v) is 7.42. The maximum atomic E-state index is 11.5. The van der Waals surface area contributed by atoms with Crippen LogP contribution in [0.1, 0.15) is 34.6 Å². The van der Waals surface area contributed by atoms with Crippen molar-refractivity contribution in [1.29, 1.82) is 0 Å². The second kappa shape index (κ2) is 3.13. The first-order valence-electron chi connectivity index (χ1n) is 4.47. The molecule has 66 valence electrons. The predicted molar refractivity (Wildman–Crippen MR) is 51.6 cm³/mol. The highest BCUT2D eigenvalue weighted by Crippen LogP contribution is 2.19. The molecule has 0 aliphatic heterocycles. The molecule has 0 saturated heterocycles. The van der Waals surface area contributed by atoms with Crippen molar-refractivity contribution in [3.05, 3.63) is 35.7 Å². The molecule has 0 bridgehead atoms. The molecule has 1 aromatic rings. The van der Waals surface area contributed by atoms with Gasteiger partial charge in [0.15, 0.2) is 5.78 Å². The molecule has 0 saturated carbocycles. The van der Waals surface area contributed by atoms with Crippen LogP contribution < -0.4 is 0 Å². The molecule has 2 nitrogen and oxygen atoms in total. The Morgan fingerprint density at radius 1 is 1.38 bits per heavy atom. The number of rotatable bonds is 1. The van der Waals surface area contributed by atoms with E-state index in [4.69, 9.17) is 0 Å². The molecule has 0 radical (unpaired) electrons. The van der Waals surface area contributed by atoms with Gasteiger partial charge in [0.05, 0.1) is 5.69 Å². The number of fused-ring (bicyclic) bond motifs is 1. The minimum absolute atomic E-state index is 0.171. The SMILES string of the molecule is C=Cc1ccc2c(n1)C(=O)CCC2. The van der Waals surface area contributed by atoms with Crippen LogP contribution in [0.2, 0.25) is 0 Å². The van der Waals surface area contributed by atoms with Crippen LogP contribution in [0.25, 0.3) is 6.08 Å². The third-order valence-corrected chi connectivity index (χ3v) is 2.32. The van der Waals surface area contributed by atoms with Crippen molar-refractivity contribution in [1.82, 2.24) is 4.98 Å². The maximum absolute atomic E-state index is 11.5. The van der Waals surface area contributed by atoms with Gasteiger partial charge >= 0.3 is 0 Å². The molecular weight excluding hydrogens is 162 g/mol. The summed E-state index contributed by atoms with van der Waals surface area (Å²) < 4.78 is 0. The summed E-state index contributed by atoms with van der Waals surface area (Å²) in [5, 5.41) is 0. The zero-order chi connectivity index (χ0) is 9.26. The normalized spacial score (nSPS) is 15.2. The fourth-order valence-corrected chi connectivity index (χ4v) is 1.62. The fourth-order valence-electron chi connectivity index (χ4n) is 1.62. The van der Waals surface area contributed by atoms with E-state index < -0.39 is 0 Å². The second-order valence-corrected chi connectivity index (χ2v) is 3.22. The number of hydrogen-bond donors (Lipinski definition) is 0. The van der Waals surface area contributed by atoms with Crippen LogP contribution >= 0.6 is 0 Å². The smallest absolute Gasteiger partial charge is 0.181 e. The quantitative estimate of drug-likeness (QED) is 0.652. The highest BCUT2D eigenvalue weighted by Gasteiger charge is 2.18. The lowest BCUT2D eigenvalue weighted by Gasteiger charge is -2.13. The lowest BCUT2D eigenvalue weighted by atomic mass is 9.95. The van der Waals surface area contributed by atoms with Gasteiger partial charge in [0.1, 0.15) is 5.69 Å². The van der Waals surface area contributed by atoms with Gasteiger partial charge < -0.3 is 0 Å². The number of aryl methyl sites for hydroxylation is 1. The molecule has 0 N–H and O–H groups in total. The highest BCUT2D eigenvalue weighted by atomic mass is 16.1. The average molecular weight is 173 g/mol. The highest BCUT2D eigenvalue weighted by molar-refractivity contribution is 5.96. The monoisotopic (exact) mass is 173 g/mol. The van der Waals surface area contributed by atoms with E-state index in [-0.39, 0.29) is 5.78 Å². The lowest BCUT2D eigenvalue weighted by Crippen LogP contribution is -2.13. The molecule has 0 spiro atoms. The van der Waals surface area contributed by atoms with E-state index >= 15 is 0 Å². The molecule has 1 aromatic heterocycles. The minimum Gasteiger partial charge on any atom is -0.292 e. The minimum atomic E-state index is 0.171. The van der Waals surface area contributed by atoms with Crippen molar-refractivity contribution < 1.29 is 4.79 Å². The number of carbonyl (C=O) groups excluding carboxylic acids is 1. The van der Waals surface area contributed by atoms with E-state index in [0.29, 0.717) is 12.1 Å². The molecule has 2 rings (SSSR count). The van der Waals surface area contributed by atoms with Gasteiger partial charge in [-0.2, -0.15) is 0 Å². The molecule has 0 fully saturated rings. The Kier molecular flexibility index (Phi) is 1.97. The lowest BCUT2D eigenvalue weighted by molar-refractivity contribution is 0.0967. The van der Waals surface area contributed by atoms with Gasteiger partial charge in [-0.15, -0.1) is 0 Å². The van der Waals surface area contributed by atoms with E-state index in [1.165, 1.54) is 0 Å². The Morgan fingerprint density at radius 3 is 3.00 bits per heavy atom. The molecule has 13 heavy (non-hydrogen) atoms. The number of pyridine rings is 1. The summed E-state index contributed by atoms with van der Waals surface area (Å²) in [4.78, 5) is 15.7. The number of aromatic nitrogens is 1. The molecule has 0 amide bonds. The number of carbonyl (C=O) groups is 1. The van der Waals surface area contributed by atoms with Gasteiger partial charge in [0.25, 0.3) is 0 Å². The third-order valence-electron chi connectivity index (χ3n) is 2.32. The molecule has 0 unspecified atom stereocenters. The summed E-state index contributed by atoms with van der Waals surface area (Å²) in [6.07, 6.45) is 4.25. The van der Waals surface area contributed by atoms with E-state index in [9.17, 15) is 4.79 Å². The second-order valence-electron chi connectivity index (χ2n) is 3.22. The van der Waals surface area contributed by atoms with Crippen LogP contribution in [0, 0.1) is 0 Å². The topological polar surface area (TPSA) is 30.0 Å². The van der Waals surface area contributed by atoms with Crippen LogP contribution in [-0.4, -0.2) is 10.8 Å². The van der Waals surface area contributed by atoms with Crippen molar-refractivity contribution in [3.8, 4) is 0 Å². The Hall–Kier alpha value is -1.44. The molecule has 2 heteroatoms. The summed E-state index contributed by atoms with van der Waals surface area (Å²) in [6.45, 7) is 3.63. The summed E-state index contributed by atoms with van der Waals surface area (Å²) in [6, 6.07) is 3.89. The van der Waals surface area contributed by atoms with Crippen LogP contribution in [-0.2, 0) is 6.42 Å². The summed E-state index contributed by atoms with van der Waals surface area (Å²) in [5.74, 6) is 0.171. The number of nitrogens with zero attached hydrogens (tertiary/aromatic N) is 1. The van der Waals surface area contributed by atoms with Crippen molar-refractivity contribution in [2.24, 2.45) is 0 Å². The third kappa shape index (κ3) is 1.39. The summed E-state index contributed by atoms with van der Waals surface area (Å²) in [7, 11) is 0. The molecule has 0 aromatic carbocycles. The first-order valence-corrected chi connectivity index (χ1v) is 4.47. The van der Waals surface area contributed by atoms with Gasteiger partial charge in [-0.25, -0.2) is 4.98 Å². The van der Waals surface area contributed by atoms with Gasteiger partial charge in [-0.1, -0.05) is 12.6 Å².